The number of pyridine rings is 1. The first-order chi connectivity index (χ1) is 7.56. The van der Waals surface area contributed by atoms with E-state index in [9.17, 15) is 0 Å². The van der Waals surface area contributed by atoms with Gasteiger partial charge < -0.3 is 5.73 Å². The highest BCUT2D eigenvalue weighted by molar-refractivity contribution is 5.94. The third-order valence-corrected chi connectivity index (χ3v) is 3.39. The predicted molar refractivity (Wildman–Crippen MR) is 69.7 cm³/mol. The highest BCUT2D eigenvalue weighted by Gasteiger charge is 2.10. The van der Waals surface area contributed by atoms with Crippen LogP contribution in [0.4, 0.5) is 5.69 Å². The van der Waals surface area contributed by atoms with Gasteiger partial charge in [0.2, 0.25) is 0 Å². The molecule has 2 nitrogen and oxygen atoms in total. The average molecular weight is 214 g/mol. The van der Waals surface area contributed by atoms with Crippen molar-refractivity contribution in [1.29, 1.82) is 0 Å². The Balaban J connectivity index is 2.92. The maximum Gasteiger partial charge on any atom is 0.0757 e. The van der Waals surface area contributed by atoms with Crippen molar-refractivity contribution in [3.63, 3.8) is 0 Å². The summed E-state index contributed by atoms with van der Waals surface area (Å²) in [6, 6.07) is 4.20. The average Bonchev–Trinajstić information content (AvgIpc) is 2.25. The summed E-state index contributed by atoms with van der Waals surface area (Å²) in [4.78, 5) is 4.69. The van der Waals surface area contributed by atoms with Crippen LogP contribution in [0.25, 0.3) is 10.9 Å². The Hall–Kier alpha value is -1.57. The zero-order valence-corrected chi connectivity index (χ0v) is 10.4. The van der Waals surface area contributed by atoms with Crippen molar-refractivity contribution in [2.75, 3.05) is 5.73 Å². The third-order valence-electron chi connectivity index (χ3n) is 3.39. The first-order valence-electron chi connectivity index (χ1n) is 5.71. The molecule has 0 radical (unpaired) electrons. The van der Waals surface area contributed by atoms with Crippen LogP contribution in [0.2, 0.25) is 0 Å². The van der Waals surface area contributed by atoms with Gasteiger partial charge in [-0.3, -0.25) is 4.98 Å². The normalized spacial score (nSPS) is 11.0. The Labute approximate surface area is 96.5 Å². The number of hydrogen-bond donors (Lipinski definition) is 1. The number of rotatable bonds is 1. The van der Waals surface area contributed by atoms with Crippen molar-refractivity contribution < 1.29 is 0 Å². The number of fused-ring (bicyclic) bond motifs is 1. The van der Waals surface area contributed by atoms with Gasteiger partial charge in [0, 0.05) is 16.8 Å². The predicted octanol–water partition coefficient (Wildman–Crippen LogP) is 3.30. The zero-order chi connectivity index (χ0) is 11.9. The van der Waals surface area contributed by atoms with E-state index < -0.39 is 0 Å². The van der Waals surface area contributed by atoms with Crippen LogP contribution in [0.1, 0.15) is 29.3 Å². The molecule has 0 fully saturated rings. The summed E-state index contributed by atoms with van der Waals surface area (Å²) >= 11 is 0. The van der Waals surface area contributed by atoms with Gasteiger partial charge in [-0.15, -0.1) is 0 Å². The van der Waals surface area contributed by atoms with Gasteiger partial charge in [-0.25, -0.2) is 0 Å². The van der Waals surface area contributed by atoms with Crippen LogP contribution in [0.5, 0.6) is 0 Å². The van der Waals surface area contributed by atoms with Crippen molar-refractivity contribution in [2.45, 2.75) is 34.1 Å². The second-order valence-electron chi connectivity index (χ2n) is 4.35. The molecule has 0 amide bonds. The summed E-state index contributed by atoms with van der Waals surface area (Å²) in [5.74, 6) is 0. The van der Waals surface area contributed by atoms with E-state index in [0.29, 0.717) is 0 Å². The quantitative estimate of drug-likeness (QED) is 0.791. The van der Waals surface area contributed by atoms with E-state index in [1.807, 2.05) is 6.92 Å². The van der Waals surface area contributed by atoms with Crippen LogP contribution < -0.4 is 5.73 Å². The topological polar surface area (TPSA) is 38.9 Å². The van der Waals surface area contributed by atoms with Crippen LogP contribution in [0.3, 0.4) is 0 Å². The van der Waals surface area contributed by atoms with E-state index in [2.05, 4.69) is 37.9 Å². The number of hydrogen-bond acceptors (Lipinski definition) is 2. The number of aromatic nitrogens is 1. The van der Waals surface area contributed by atoms with Gasteiger partial charge in [0.1, 0.15) is 0 Å². The molecule has 2 rings (SSSR count). The van der Waals surface area contributed by atoms with Gasteiger partial charge in [0.15, 0.2) is 0 Å². The van der Waals surface area contributed by atoms with Gasteiger partial charge in [0.05, 0.1) is 5.52 Å². The van der Waals surface area contributed by atoms with E-state index in [1.54, 1.807) is 0 Å². The molecule has 84 valence electrons. The van der Waals surface area contributed by atoms with Crippen molar-refractivity contribution in [1.82, 2.24) is 4.98 Å². The minimum atomic E-state index is 0.896. The van der Waals surface area contributed by atoms with Crippen molar-refractivity contribution >= 4 is 16.6 Å². The minimum Gasteiger partial charge on any atom is -0.398 e. The fourth-order valence-corrected chi connectivity index (χ4v) is 2.20. The summed E-state index contributed by atoms with van der Waals surface area (Å²) in [6.07, 6.45) is 0.938. The molecule has 0 atom stereocenters. The molecule has 0 bridgehead atoms. The summed E-state index contributed by atoms with van der Waals surface area (Å²) in [7, 11) is 0. The Kier molecular flexibility index (Phi) is 2.58. The van der Waals surface area contributed by atoms with E-state index in [4.69, 9.17) is 5.73 Å². The van der Waals surface area contributed by atoms with E-state index in [0.717, 1.165) is 28.7 Å². The molecule has 1 heterocycles. The third kappa shape index (κ3) is 1.45. The fourth-order valence-electron chi connectivity index (χ4n) is 2.20. The SMILES string of the molecule is CCc1c(C)nc2c(C)c(C)ccc2c1N. The maximum atomic E-state index is 6.21. The second kappa shape index (κ2) is 3.78. The molecule has 2 aromatic rings. The first kappa shape index (κ1) is 10.9. The molecule has 0 aliphatic rings. The Morgan fingerprint density at radius 1 is 1.19 bits per heavy atom. The monoisotopic (exact) mass is 214 g/mol. The molecule has 0 aliphatic heterocycles. The highest BCUT2D eigenvalue weighted by Crippen LogP contribution is 2.29. The Bertz CT molecular complexity index is 556. The molecule has 1 aromatic heterocycles. The molecule has 0 saturated carbocycles. The zero-order valence-electron chi connectivity index (χ0n) is 10.4. The summed E-state index contributed by atoms with van der Waals surface area (Å²) in [5, 5.41) is 1.09. The van der Waals surface area contributed by atoms with E-state index in [1.165, 1.54) is 16.7 Å². The lowest BCUT2D eigenvalue weighted by Crippen LogP contribution is -2.02. The van der Waals surface area contributed by atoms with Gasteiger partial charge in [-0.05, 0) is 43.9 Å². The number of nitrogen functional groups attached to an aromatic ring is 1. The van der Waals surface area contributed by atoms with Crippen LogP contribution in [0, 0.1) is 20.8 Å². The fraction of sp³-hybridized carbons (Fsp3) is 0.357. The standard InChI is InChI=1S/C14H18N2/c1-5-11-10(4)16-14-9(3)8(2)6-7-12(14)13(11)15/h6-7H,5H2,1-4H3,(H2,15,16). The summed E-state index contributed by atoms with van der Waals surface area (Å²) in [5.41, 5.74) is 12.9. The van der Waals surface area contributed by atoms with Gasteiger partial charge >= 0.3 is 0 Å². The Morgan fingerprint density at radius 3 is 2.50 bits per heavy atom. The largest absolute Gasteiger partial charge is 0.398 e. The van der Waals surface area contributed by atoms with Crippen molar-refractivity contribution in [3.8, 4) is 0 Å². The molecule has 1 aromatic carbocycles. The first-order valence-corrected chi connectivity index (χ1v) is 5.71. The van der Waals surface area contributed by atoms with E-state index >= 15 is 0 Å². The van der Waals surface area contributed by atoms with Crippen LogP contribution in [0.15, 0.2) is 12.1 Å². The summed E-state index contributed by atoms with van der Waals surface area (Å²) in [6.45, 7) is 8.37. The number of nitrogens with zero attached hydrogens (tertiary/aromatic N) is 1. The highest BCUT2D eigenvalue weighted by atomic mass is 14.7. The second-order valence-corrected chi connectivity index (χ2v) is 4.35. The lowest BCUT2D eigenvalue weighted by molar-refractivity contribution is 1.07. The molecular weight excluding hydrogens is 196 g/mol. The molecule has 2 heteroatoms. The lowest BCUT2D eigenvalue weighted by atomic mass is 10.00. The lowest BCUT2D eigenvalue weighted by Gasteiger charge is -2.13. The van der Waals surface area contributed by atoms with Crippen LogP contribution in [-0.2, 0) is 6.42 Å². The van der Waals surface area contributed by atoms with Crippen molar-refractivity contribution in [3.05, 3.63) is 34.5 Å². The molecule has 0 saturated heterocycles. The number of benzene rings is 1. The Morgan fingerprint density at radius 2 is 1.88 bits per heavy atom. The van der Waals surface area contributed by atoms with Crippen LogP contribution >= 0.6 is 0 Å². The molecule has 2 N–H and O–H groups in total. The van der Waals surface area contributed by atoms with E-state index in [-0.39, 0.29) is 0 Å². The van der Waals surface area contributed by atoms with Gasteiger partial charge in [-0.2, -0.15) is 0 Å². The number of nitrogens with two attached hydrogens (primary N) is 1. The molecule has 0 aliphatic carbocycles. The maximum absolute atomic E-state index is 6.21. The molecule has 0 unspecified atom stereocenters. The van der Waals surface area contributed by atoms with Gasteiger partial charge in [0.25, 0.3) is 0 Å². The van der Waals surface area contributed by atoms with Crippen LogP contribution in [-0.4, -0.2) is 4.98 Å². The smallest absolute Gasteiger partial charge is 0.0757 e. The number of aryl methyl sites for hydroxylation is 3. The molecule has 16 heavy (non-hydrogen) atoms. The molecular formula is C14H18N2. The van der Waals surface area contributed by atoms with Gasteiger partial charge in [-0.1, -0.05) is 19.1 Å². The minimum absolute atomic E-state index is 0.896. The number of anilines is 1. The summed E-state index contributed by atoms with van der Waals surface area (Å²) < 4.78 is 0. The molecule has 0 spiro atoms. The van der Waals surface area contributed by atoms with Crippen molar-refractivity contribution in [2.24, 2.45) is 0 Å².